The standard InChI is InChI=1S/C29H35N5O6S3/c1-18(42-28(30)31-25(35)14-19-10-21(37-2)16-22(11-19)38-3)6-8-41-9-7-27-33-34-29(43-27)32-26(36)15-20-12-23(39-4)17-24(13-20)40-5/h10-13,16-17H,1,6-9,14-15H2,2-5H3,(H2,30,31,35)(H,32,34,36). The largest absolute Gasteiger partial charge is 0.497 e. The summed E-state index contributed by atoms with van der Waals surface area (Å²) in [5, 5.41) is 23.1. The molecule has 0 aliphatic carbocycles. The summed E-state index contributed by atoms with van der Waals surface area (Å²) in [7, 11) is 6.22. The molecule has 3 rings (SSSR count). The van der Waals surface area contributed by atoms with Gasteiger partial charge < -0.3 is 29.6 Å². The van der Waals surface area contributed by atoms with Crippen LogP contribution >= 0.6 is 34.9 Å². The number of allylic oxidation sites excluding steroid dienone is 1. The minimum absolute atomic E-state index is 0.0313. The van der Waals surface area contributed by atoms with Gasteiger partial charge in [0, 0.05) is 18.6 Å². The van der Waals surface area contributed by atoms with E-state index in [-0.39, 0.29) is 29.8 Å². The van der Waals surface area contributed by atoms with E-state index in [1.165, 1.54) is 11.3 Å². The number of aryl methyl sites for hydroxylation is 1. The second-order valence-corrected chi connectivity index (χ2v) is 12.5. The van der Waals surface area contributed by atoms with Gasteiger partial charge in [0.05, 0.1) is 41.3 Å². The van der Waals surface area contributed by atoms with E-state index in [9.17, 15) is 9.59 Å². The first-order valence-corrected chi connectivity index (χ1v) is 15.9. The van der Waals surface area contributed by atoms with Gasteiger partial charge in [-0.05, 0) is 58.2 Å². The van der Waals surface area contributed by atoms with E-state index in [1.54, 1.807) is 76.6 Å². The van der Waals surface area contributed by atoms with Crippen LogP contribution in [0.5, 0.6) is 23.0 Å². The summed E-state index contributed by atoms with van der Waals surface area (Å²) in [5.74, 6) is 3.55. The van der Waals surface area contributed by atoms with Gasteiger partial charge in [-0.1, -0.05) is 29.7 Å². The van der Waals surface area contributed by atoms with Gasteiger partial charge in [-0.3, -0.25) is 15.0 Å². The lowest BCUT2D eigenvalue weighted by Crippen LogP contribution is -2.29. The van der Waals surface area contributed by atoms with Gasteiger partial charge >= 0.3 is 0 Å². The number of methoxy groups -OCH3 is 4. The van der Waals surface area contributed by atoms with Crippen LogP contribution < -0.4 is 29.6 Å². The lowest BCUT2D eigenvalue weighted by molar-refractivity contribution is -0.119. The number of hydrogen-bond acceptors (Lipinski definition) is 12. The molecule has 0 aliphatic rings. The number of carbonyl (C=O) groups is 2. The van der Waals surface area contributed by atoms with Crippen LogP contribution in [-0.4, -0.2) is 67.1 Å². The van der Waals surface area contributed by atoms with Crippen molar-refractivity contribution in [2.24, 2.45) is 0 Å². The zero-order valence-electron chi connectivity index (χ0n) is 24.5. The number of hydrogen-bond donors (Lipinski definition) is 3. The Labute approximate surface area is 263 Å². The summed E-state index contributed by atoms with van der Waals surface area (Å²) >= 11 is 4.22. The molecule has 1 heterocycles. The third kappa shape index (κ3) is 11.8. The molecule has 2 amide bonds. The first kappa shape index (κ1) is 33.7. The molecule has 14 heteroatoms. The maximum absolute atomic E-state index is 12.5. The smallest absolute Gasteiger partial charge is 0.230 e. The van der Waals surface area contributed by atoms with E-state index in [4.69, 9.17) is 24.4 Å². The van der Waals surface area contributed by atoms with Crippen molar-refractivity contribution in [2.45, 2.75) is 25.7 Å². The summed E-state index contributed by atoms with van der Waals surface area (Å²) in [6, 6.07) is 10.6. The Morgan fingerprint density at radius 1 is 0.837 bits per heavy atom. The molecule has 3 N–H and O–H groups in total. The van der Waals surface area contributed by atoms with Crippen molar-refractivity contribution in [3.05, 3.63) is 64.0 Å². The number of aromatic nitrogens is 2. The highest BCUT2D eigenvalue weighted by atomic mass is 32.2. The van der Waals surface area contributed by atoms with Crippen LogP contribution in [0.4, 0.5) is 5.13 Å². The van der Waals surface area contributed by atoms with Crippen molar-refractivity contribution in [3.63, 3.8) is 0 Å². The molecule has 0 fully saturated rings. The monoisotopic (exact) mass is 645 g/mol. The predicted octanol–water partition coefficient (Wildman–Crippen LogP) is 4.96. The first-order chi connectivity index (χ1) is 20.7. The van der Waals surface area contributed by atoms with E-state index in [0.29, 0.717) is 41.0 Å². The van der Waals surface area contributed by atoms with E-state index >= 15 is 0 Å². The van der Waals surface area contributed by atoms with E-state index in [0.717, 1.165) is 44.3 Å². The lowest BCUT2D eigenvalue weighted by atomic mass is 10.1. The van der Waals surface area contributed by atoms with Gasteiger partial charge in [-0.2, -0.15) is 11.8 Å². The van der Waals surface area contributed by atoms with Crippen molar-refractivity contribution < 1.29 is 28.5 Å². The Morgan fingerprint density at radius 2 is 1.37 bits per heavy atom. The summed E-state index contributed by atoms with van der Waals surface area (Å²) in [6.07, 6.45) is 1.64. The average molecular weight is 646 g/mol. The average Bonchev–Trinajstić information content (AvgIpc) is 3.42. The molecule has 0 bridgehead atoms. The van der Waals surface area contributed by atoms with Crippen LogP contribution in [0.1, 0.15) is 22.6 Å². The number of rotatable bonds is 16. The number of amidine groups is 1. The third-order valence-corrected chi connectivity index (χ3v) is 8.43. The van der Waals surface area contributed by atoms with Crippen LogP contribution in [0, 0.1) is 5.41 Å². The number of anilines is 1. The molecule has 43 heavy (non-hydrogen) atoms. The Hall–Kier alpha value is -3.75. The highest BCUT2D eigenvalue weighted by Crippen LogP contribution is 2.25. The summed E-state index contributed by atoms with van der Waals surface area (Å²) in [6.45, 7) is 4.02. The molecular weight excluding hydrogens is 611 g/mol. The number of ether oxygens (including phenoxy) is 4. The predicted molar refractivity (Wildman–Crippen MR) is 173 cm³/mol. The molecule has 0 spiro atoms. The van der Waals surface area contributed by atoms with Gasteiger partial charge in [0.1, 0.15) is 28.0 Å². The number of benzene rings is 2. The first-order valence-electron chi connectivity index (χ1n) is 13.1. The fraction of sp³-hybridized carbons (Fsp3) is 0.345. The molecule has 230 valence electrons. The molecule has 0 saturated carbocycles. The maximum Gasteiger partial charge on any atom is 0.230 e. The van der Waals surface area contributed by atoms with E-state index < -0.39 is 0 Å². The van der Waals surface area contributed by atoms with Crippen molar-refractivity contribution >= 4 is 57.0 Å². The van der Waals surface area contributed by atoms with Crippen molar-refractivity contribution in [3.8, 4) is 23.0 Å². The van der Waals surface area contributed by atoms with Crippen LogP contribution in [0.25, 0.3) is 0 Å². The number of carbonyl (C=O) groups excluding carboxylic acids is 2. The number of nitrogens with one attached hydrogen (secondary N) is 3. The molecule has 0 aliphatic heterocycles. The normalized spacial score (nSPS) is 10.5. The van der Waals surface area contributed by atoms with Crippen molar-refractivity contribution in [1.29, 1.82) is 5.41 Å². The number of nitrogens with zero attached hydrogens (tertiary/aromatic N) is 2. The summed E-state index contributed by atoms with van der Waals surface area (Å²) in [5.41, 5.74) is 1.49. The molecule has 0 atom stereocenters. The lowest BCUT2D eigenvalue weighted by Gasteiger charge is -2.10. The molecular formula is C29H35N5O6S3. The van der Waals surface area contributed by atoms with Gasteiger partial charge in [0.2, 0.25) is 16.9 Å². The topological polar surface area (TPSA) is 145 Å². The minimum Gasteiger partial charge on any atom is -0.497 e. The van der Waals surface area contributed by atoms with Gasteiger partial charge in [0.25, 0.3) is 0 Å². The van der Waals surface area contributed by atoms with Crippen LogP contribution in [0.2, 0.25) is 0 Å². The summed E-state index contributed by atoms with van der Waals surface area (Å²) in [4.78, 5) is 25.7. The highest BCUT2D eigenvalue weighted by Gasteiger charge is 2.13. The molecule has 1 aromatic heterocycles. The number of thioether (sulfide) groups is 2. The fourth-order valence-electron chi connectivity index (χ4n) is 3.72. The molecule has 0 radical (unpaired) electrons. The number of amides is 2. The van der Waals surface area contributed by atoms with Crippen molar-refractivity contribution in [1.82, 2.24) is 15.5 Å². The van der Waals surface area contributed by atoms with Gasteiger partial charge in [-0.15, -0.1) is 10.2 Å². The zero-order chi connectivity index (χ0) is 31.2. The molecule has 0 saturated heterocycles. The van der Waals surface area contributed by atoms with Crippen LogP contribution in [0.15, 0.2) is 47.9 Å². The second kappa shape index (κ2) is 17.4. The molecule has 3 aromatic rings. The van der Waals surface area contributed by atoms with Gasteiger partial charge in [-0.25, -0.2) is 0 Å². The summed E-state index contributed by atoms with van der Waals surface area (Å²) < 4.78 is 21.0. The SMILES string of the molecule is C=C(CCSCCc1nnc(NC(=O)Cc2cc(OC)cc(OC)c2)s1)SC(=N)NC(=O)Cc1cc(OC)cc(OC)c1. The van der Waals surface area contributed by atoms with Gasteiger partial charge in [0.15, 0.2) is 5.17 Å². The van der Waals surface area contributed by atoms with E-state index in [2.05, 4.69) is 27.4 Å². The quantitative estimate of drug-likeness (QED) is 0.111. The second-order valence-electron chi connectivity index (χ2n) is 8.97. The Balaban J connectivity index is 1.32. The fourth-order valence-corrected chi connectivity index (χ4v) is 6.32. The third-order valence-electron chi connectivity index (χ3n) is 5.75. The highest BCUT2D eigenvalue weighted by molar-refractivity contribution is 8.17. The van der Waals surface area contributed by atoms with E-state index in [1.807, 2.05) is 0 Å². The maximum atomic E-state index is 12.5. The Morgan fingerprint density at radius 3 is 1.91 bits per heavy atom. The molecule has 11 nitrogen and oxygen atoms in total. The van der Waals surface area contributed by atoms with Crippen molar-refractivity contribution in [2.75, 3.05) is 45.3 Å². The Bertz CT molecular complexity index is 1390. The minimum atomic E-state index is -0.303. The molecule has 2 aromatic carbocycles. The van der Waals surface area contributed by atoms with Crippen LogP contribution in [-0.2, 0) is 28.9 Å². The van der Waals surface area contributed by atoms with Crippen LogP contribution in [0.3, 0.4) is 0 Å². The molecule has 0 unspecified atom stereocenters. The zero-order valence-corrected chi connectivity index (χ0v) is 26.9. The Kier molecular flexibility index (Phi) is 13.6.